The lowest BCUT2D eigenvalue weighted by Gasteiger charge is -2.11. The number of nitrogens with zero attached hydrogens (tertiary/aromatic N) is 1. The van der Waals surface area contributed by atoms with Crippen molar-refractivity contribution in [1.82, 2.24) is 0 Å². The molecular formula is C13H13ClF3NO2S2. The van der Waals surface area contributed by atoms with E-state index in [2.05, 4.69) is 0 Å². The molecule has 3 nitrogen and oxygen atoms in total. The normalized spacial score (nSPS) is 13.6. The third kappa shape index (κ3) is 6.90. The minimum atomic E-state index is -4.42. The van der Waals surface area contributed by atoms with Crippen LogP contribution in [0.3, 0.4) is 0 Å². The van der Waals surface area contributed by atoms with Crippen molar-refractivity contribution in [1.29, 1.82) is 5.26 Å². The van der Waals surface area contributed by atoms with E-state index in [1.165, 1.54) is 0 Å². The third-order valence-electron chi connectivity index (χ3n) is 2.81. The molecule has 1 rings (SSSR count). The van der Waals surface area contributed by atoms with Crippen molar-refractivity contribution < 1.29 is 21.6 Å². The molecule has 1 aromatic carbocycles. The molecule has 0 bridgehead atoms. The van der Waals surface area contributed by atoms with Gasteiger partial charge in [0.25, 0.3) is 0 Å². The summed E-state index contributed by atoms with van der Waals surface area (Å²) in [6.45, 7) is 0. The smallest absolute Gasteiger partial charge is 0.227 e. The van der Waals surface area contributed by atoms with Gasteiger partial charge in [-0.3, -0.25) is 0 Å². The summed E-state index contributed by atoms with van der Waals surface area (Å²) in [5.41, 5.74) is -3.69. The van der Waals surface area contributed by atoms with Crippen molar-refractivity contribution in [3.05, 3.63) is 34.9 Å². The van der Waals surface area contributed by atoms with Gasteiger partial charge in [-0.2, -0.15) is 18.4 Å². The zero-order chi connectivity index (χ0) is 16.8. The minimum absolute atomic E-state index is 0.185. The van der Waals surface area contributed by atoms with Crippen LogP contribution in [0.25, 0.3) is 0 Å². The lowest BCUT2D eigenvalue weighted by molar-refractivity contribution is -0.0327. The molecule has 1 atom stereocenters. The highest BCUT2D eigenvalue weighted by molar-refractivity contribution is 8.00. The number of thioether (sulfide) groups is 1. The standard InChI is InChI=1S/C13H13ClF3NO2S2/c14-11-3-1-10(2-4-11)6-8-22(19,20)12(9-18)5-7-21-13(15,16)17/h1-4,12H,5-8H2. The van der Waals surface area contributed by atoms with Gasteiger partial charge in [-0.25, -0.2) is 8.42 Å². The van der Waals surface area contributed by atoms with E-state index < -0.39 is 26.3 Å². The van der Waals surface area contributed by atoms with Crippen molar-refractivity contribution >= 4 is 33.2 Å². The van der Waals surface area contributed by atoms with E-state index in [-0.39, 0.29) is 30.4 Å². The molecule has 0 radical (unpaired) electrons. The number of nitriles is 1. The van der Waals surface area contributed by atoms with E-state index in [4.69, 9.17) is 16.9 Å². The summed E-state index contributed by atoms with van der Waals surface area (Å²) < 4.78 is 60.1. The van der Waals surface area contributed by atoms with Crippen LogP contribution in [-0.4, -0.2) is 30.7 Å². The number of halogens is 4. The molecule has 0 aromatic heterocycles. The van der Waals surface area contributed by atoms with Gasteiger partial charge in [0, 0.05) is 10.8 Å². The first-order chi connectivity index (χ1) is 10.1. The van der Waals surface area contributed by atoms with Crippen LogP contribution in [0.4, 0.5) is 13.2 Å². The van der Waals surface area contributed by atoms with E-state index in [1.54, 1.807) is 30.3 Å². The zero-order valence-corrected chi connectivity index (χ0v) is 13.7. The first-order valence-corrected chi connectivity index (χ1v) is 9.28. The van der Waals surface area contributed by atoms with Crippen LogP contribution in [0.2, 0.25) is 5.02 Å². The fraction of sp³-hybridized carbons (Fsp3) is 0.462. The van der Waals surface area contributed by atoms with E-state index >= 15 is 0 Å². The van der Waals surface area contributed by atoms with Crippen LogP contribution in [0, 0.1) is 11.3 Å². The Bertz CT molecular complexity index is 624. The summed E-state index contributed by atoms with van der Waals surface area (Å²) in [4.78, 5) is 0. The Balaban J connectivity index is 2.58. The summed E-state index contributed by atoms with van der Waals surface area (Å²) >= 11 is 5.39. The molecule has 9 heteroatoms. The van der Waals surface area contributed by atoms with Gasteiger partial charge in [0.2, 0.25) is 0 Å². The Morgan fingerprint density at radius 2 is 1.86 bits per heavy atom. The van der Waals surface area contributed by atoms with Crippen molar-refractivity contribution in [2.24, 2.45) is 0 Å². The molecule has 1 aromatic rings. The lowest BCUT2D eigenvalue weighted by atomic mass is 10.2. The molecule has 0 fully saturated rings. The predicted molar refractivity (Wildman–Crippen MR) is 81.5 cm³/mol. The second-order valence-corrected chi connectivity index (χ2v) is 8.34. The number of alkyl halides is 3. The highest BCUT2D eigenvalue weighted by Crippen LogP contribution is 2.31. The second-order valence-electron chi connectivity index (χ2n) is 4.44. The van der Waals surface area contributed by atoms with Gasteiger partial charge in [-0.05, 0) is 30.5 Å². The van der Waals surface area contributed by atoms with Crippen LogP contribution in [0.15, 0.2) is 24.3 Å². The summed E-state index contributed by atoms with van der Waals surface area (Å²) in [6, 6.07) is 8.15. The minimum Gasteiger partial charge on any atom is -0.227 e. The van der Waals surface area contributed by atoms with Crippen molar-refractivity contribution in [3.8, 4) is 6.07 Å². The predicted octanol–water partition coefficient (Wildman–Crippen LogP) is 3.83. The molecule has 0 N–H and O–H groups in total. The van der Waals surface area contributed by atoms with Gasteiger partial charge < -0.3 is 0 Å². The Morgan fingerprint density at radius 3 is 2.36 bits per heavy atom. The maximum absolute atomic E-state index is 12.0. The molecule has 0 aliphatic heterocycles. The van der Waals surface area contributed by atoms with E-state index in [0.29, 0.717) is 5.02 Å². The fourth-order valence-electron chi connectivity index (χ4n) is 1.66. The Morgan fingerprint density at radius 1 is 1.27 bits per heavy atom. The SMILES string of the molecule is N#CC(CCSC(F)(F)F)S(=O)(=O)CCc1ccc(Cl)cc1. The number of sulfone groups is 1. The number of rotatable bonds is 7. The average Bonchev–Trinajstić information content (AvgIpc) is 2.41. The molecular weight excluding hydrogens is 359 g/mol. The molecule has 0 aliphatic rings. The topological polar surface area (TPSA) is 57.9 Å². The third-order valence-corrected chi connectivity index (χ3v) is 5.81. The molecule has 1 unspecified atom stereocenters. The van der Waals surface area contributed by atoms with Crippen LogP contribution >= 0.6 is 23.4 Å². The summed E-state index contributed by atoms with van der Waals surface area (Å²) in [6.07, 6.45) is -0.159. The van der Waals surface area contributed by atoms with Gasteiger partial charge in [0.05, 0.1) is 11.8 Å². The van der Waals surface area contributed by atoms with Gasteiger partial charge in [0.1, 0.15) is 5.25 Å². The summed E-state index contributed by atoms with van der Waals surface area (Å²) in [5.74, 6) is -0.745. The molecule has 0 spiro atoms. The molecule has 0 aliphatic carbocycles. The van der Waals surface area contributed by atoms with Crippen LogP contribution in [-0.2, 0) is 16.3 Å². The van der Waals surface area contributed by atoms with Gasteiger partial charge in [0.15, 0.2) is 9.84 Å². The lowest BCUT2D eigenvalue weighted by Crippen LogP contribution is -2.24. The number of benzene rings is 1. The van der Waals surface area contributed by atoms with E-state index in [0.717, 1.165) is 5.56 Å². The molecule has 0 amide bonds. The van der Waals surface area contributed by atoms with Gasteiger partial charge in [-0.1, -0.05) is 35.5 Å². The molecule has 22 heavy (non-hydrogen) atoms. The number of hydrogen-bond donors (Lipinski definition) is 0. The fourth-order valence-corrected chi connectivity index (χ4v) is 3.96. The molecule has 0 saturated heterocycles. The van der Waals surface area contributed by atoms with E-state index in [1.807, 2.05) is 0 Å². The second kappa shape index (κ2) is 8.09. The maximum Gasteiger partial charge on any atom is 0.441 e. The van der Waals surface area contributed by atoms with Crippen LogP contribution in [0.5, 0.6) is 0 Å². The molecule has 0 saturated carbocycles. The Labute approximate surface area is 136 Å². The van der Waals surface area contributed by atoms with Crippen LogP contribution in [0.1, 0.15) is 12.0 Å². The molecule has 122 valence electrons. The quantitative estimate of drug-likeness (QED) is 0.730. The van der Waals surface area contributed by atoms with Crippen LogP contribution < -0.4 is 0 Å². The van der Waals surface area contributed by atoms with Crippen molar-refractivity contribution in [2.45, 2.75) is 23.6 Å². The monoisotopic (exact) mass is 371 g/mol. The average molecular weight is 372 g/mol. The molecule has 0 heterocycles. The largest absolute Gasteiger partial charge is 0.441 e. The van der Waals surface area contributed by atoms with Crippen molar-refractivity contribution in [3.63, 3.8) is 0 Å². The number of aryl methyl sites for hydroxylation is 1. The Hall–Kier alpha value is -0.910. The van der Waals surface area contributed by atoms with E-state index in [9.17, 15) is 21.6 Å². The highest BCUT2D eigenvalue weighted by Gasteiger charge is 2.30. The first-order valence-electron chi connectivity index (χ1n) is 6.20. The number of hydrogen-bond acceptors (Lipinski definition) is 4. The first kappa shape index (κ1) is 19.1. The van der Waals surface area contributed by atoms with Gasteiger partial charge in [-0.15, -0.1) is 0 Å². The Kier molecular flexibility index (Phi) is 7.03. The highest BCUT2D eigenvalue weighted by atomic mass is 35.5. The van der Waals surface area contributed by atoms with Crippen molar-refractivity contribution in [2.75, 3.05) is 11.5 Å². The summed E-state index contributed by atoms with van der Waals surface area (Å²) in [5, 5.41) is 7.99. The van der Waals surface area contributed by atoms with Gasteiger partial charge >= 0.3 is 5.51 Å². The summed E-state index contributed by atoms with van der Waals surface area (Å²) in [7, 11) is -3.77. The maximum atomic E-state index is 12.0. The zero-order valence-electron chi connectivity index (χ0n) is 11.3.